The Kier molecular flexibility index (Phi) is 4.88. The van der Waals surface area contributed by atoms with E-state index in [9.17, 15) is 0 Å². The summed E-state index contributed by atoms with van der Waals surface area (Å²) in [6, 6.07) is 17.9. The number of nitrogens with zero attached hydrogens (tertiary/aromatic N) is 2. The van der Waals surface area contributed by atoms with E-state index in [2.05, 4.69) is 63.6 Å². The number of imidazole rings is 1. The third-order valence-electron chi connectivity index (χ3n) is 4.54. The summed E-state index contributed by atoms with van der Waals surface area (Å²) in [4.78, 5) is 4.32. The standard InChI is InChI=1S/C20H22N4S/c1-24-13-20(22-14-24)25-23-11-16-7-8-17-12-21-19(18(17)9-16)10-15-5-3-2-4-6-15/h2-9,13-14,19,21,23H,10-12H2,1H3. The van der Waals surface area contributed by atoms with Gasteiger partial charge in [0.1, 0.15) is 5.03 Å². The Balaban J connectivity index is 1.41. The van der Waals surface area contributed by atoms with Gasteiger partial charge in [0.15, 0.2) is 0 Å². The average Bonchev–Trinajstić information content (AvgIpc) is 3.22. The summed E-state index contributed by atoms with van der Waals surface area (Å²) < 4.78 is 5.37. The topological polar surface area (TPSA) is 41.9 Å². The van der Waals surface area contributed by atoms with Crippen LogP contribution in [0.5, 0.6) is 0 Å². The zero-order valence-corrected chi connectivity index (χ0v) is 15.1. The Morgan fingerprint density at radius 2 is 2.08 bits per heavy atom. The van der Waals surface area contributed by atoms with Crippen molar-refractivity contribution in [1.29, 1.82) is 0 Å². The Hall–Kier alpha value is -2.08. The monoisotopic (exact) mass is 350 g/mol. The number of fused-ring (bicyclic) bond motifs is 1. The highest BCUT2D eigenvalue weighted by molar-refractivity contribution is 7.97. The molecular formula is C20H22N4S. The summed E-state index contributed by atoms with van der Waals surface area (Å²) >= 11 is 1.58. The van der Waals surface area contributed by atoms with Crippen LogP contribution in [0.4, 0.5) is 0 Å². The molecule has 1 atom stereocenters. The van der Waals surface area contributed by atoms with E-state index >= 15 is 0 Å². The number of hydrogen-bond donors (Lipinski definition) is 2. The summed E-state index contributed by atoms with van der Waals surface area (Å²) in [7, 11) is 1.98. The molecule has 1 aliphatic heterocycles. The van der Waals surface area contributed by atoms with Gasteiger partial charge in [0.05, 0.1) is 6.33 Å². The van der Waals surface area contributed by atoms with E-state index in [1.165, 1.54) is 22.3 Å². The maximum Gasteiger partial charge on any atom is 0.129 e. The maximum absolute atomic E-state index is 4.32. The Bertz CT molecular complexity index is 844. The summed E-state index contributed by atoms with van der Waals surface area (Å²) in [5, 5.41) is 4.64. The molecule has 0 fully saturated rings. The van der Waals surface area contributed by atoms with Crippen molar-refractivity contribution in [2.24, 2.45) is 7.05 Å². The molecule has 0 aliphatic carbocycles. The third-order valence-corrected chi connectivity index (χ3v) is 5.25. The molecule has 0 bridgehead atoms. The first-order valence-electron chi connectivity index (χ1n) is 8.54. The zero-order valence-electron chi connectivity index (χ0n) is 14.3. The van der Waals surface area contributed by atoms with Gasteiger partial charge < -0.3 is 9.88 Å². The van der Waals surface area contributed by atoms with Crippen molar-refractivity contribution in [2.75, 3.05) is 0 Å². The highest BCUT2D eigenvalue weighted by Gasteiger charge is 2.22. The molecule has 2 aromatic carbocycles. The predicted molar refractivity (Wildman–Crippen MR) is 102 cm³/mol. The van der Waals surface area contributed by atoms with Gasteiger partial charge >= 0.3 is 0 Å². The second-order valence-electron chi connectivity index (χ2n) is 6.46. The number of rotatable bonds is 6. The van der Waals surface area contributed by atoms with Crippen LogP contribution in [0.3, 0.4) is 0 Å². The molecule has 4 nitrogen and oxygen atoms in total. The van der Waals surface area contributed by atoms with Gasteiger partial charge in [-0.2, -0.15) is 0 Å². The van der Waals surface area contributed by atoms with E-state index in [0.29, 0.717) is 6.04 Å². The minimum Gasteiger partial charge on any atom is -0.339 e. The number of hydrogen-bond acceptors (Lipinski definition) is 4. The summed E-state index contributed by atoms with van der Waals surface area (Å²) in [6.45, 7) is 1.79. The summed E-state index contributed by atoms with van der Waals surface area (Å²) in [5.74, 6) is 0. The van der Waals surface area contributed by atoms with E-state index in [0.717, 1.165) is 24.5 Å². The molecule has 1 unspecified atom stereocenters. The fourth-order valence-electron chi connectivity index (χ4n) is 3.25. The fraction of sp³-hybridized carbons (Fsp3) is 0.250. The van der Waals surface area contributed by atoms with Gasteiger partial charge in [0, 0.05) is 32.4 Å². The van der Waals surface area contributed by atoms with E-state index < -0.39 is 0 Å². The highest BCUT2D eigenvalue weighted by atomic mass is 32.2. The minimum atomic E-state index is 0.404. The summed E-state index contributed by atoms with van der Waals surface area (Å²) in [6.07, 6.45) is 4.87. The first kappa shape index (κ1) is 16.4. The first-order chi connectivity index (χ1) is 12.3. The molecule has 0 saturated heterocycles. The molecule has 25 heavy (non-hydrogen) atoms. The Morgan fingerprint density at radius 1 is 1.20 bits per heavy atom. The van der Waals surface area contributed by atoms with Gasteiger partial charge in [0.25, 0.3) is 0 Å². The molecule has 5 heteroatoms. The van der Waals surface area contributed by atoms with Crippen LogP contribution in [0.1, 0.15) is 28.3 Å². The van der Waals surface area contributed by atoms with E-state index in [1.807, 2.05) is 24.1 Å². The van der Waals surface area contributed by atoms with Gasteiger partial charge in [-0.25, -0.2) is 4.98 Å². The Labute approximate surface area is 152 Å². The number of benzene rings is 2. The van der Waals surface area contributed by atoms with E-state index in [-0.39, 0.29) is 0 Å². The van der Waals surface area contributed by atoms with Gasteiger partial charge in [-0.3, -0.25) is 4.72 Å². The second kappa shape index (κ2) is 7.44. The van der Waals surface area contributed by atoms with Crippen molar-refractivity contribution in [1.82, 2.24) is 19.6 Å². The van der Waals surface area contributed by atoms with Crippen molar-refractivity contribution in [3.63, 3.8) is 0 Å². The van der Waals surface area contributed by atoms with Gasteiger partial charge in [0.2, 0.25) is 0 Å². The van der Waals surface area contributed by atoms with Crippen molar-refractivity contribution in [2.45, 2.75) is 30.6 Å². The average molecular weight is 350 g/mol. The molecule has 3 aromatic rings. The molecule has 4 rings (SSSR count). The van der Waals surface area contributed by atoms with Crippen LogP contribution >= 0.6 is 11.9 Å². The molecule has 0 amide bonds. The van der Waals surface area contributed by atoms with Crippen molar-refractivity contribution in [3.8, 4) is 0 Å². The number of nitrogens with one attached hydrogen (secondary N) is 2. The SMILES string of the molecule is Cn1cnc(SNCc2ccc3c(c2)C(Cc2ccccc2)NC3)c1. The Morgan fingerprint density at radius 3 is 2.88 bits per heavy atom. The van der Waals surface area contributed by atoms with E-state index in [1.54, 1.807) is 11.9 Å². The lowest BCUT2D eigenvalue weighted by atomic mass is 9.97. The largest absolute Gasteiger partial charge is 0.339 e. The van der Waals surface area contributed by atoms with E-state index in [4.69, 9.17) is 0 Å². The quantitative estimate of drug-likeness (QED) is 0.667. The van der Waals surface area contributed by atoms with Crippen LogP contribution < -0.4 is 10.0 Å². The number of aromatic nitrogens is 2. The van der Waals surface area contributed by atoms with Crippen molar-refractivity contribution < 1.29 is 0 Å². The maximum atomic E-state index is 4.32. The molecule has 0 spiro atoms. The van der Waals surface area contributed by atoms with Crippen LogP contribution in [0, 0.1) is 0 Å². The third kappa shape index (κ3) is 3.95. The molecule has 1 aliphatic rings. The minimum absolute atomic E-state index is 0.404. The predicted octanol–water partition coefficient (Wildman–Crippen LogP) is 3.60. The smallest absolute Gasteiger partial charge is 0.129 e. The molecule has 128 valence electrons. The molecular weight excluding hydrogens is 328 g/mol. The summed E-state index contributed by atoms with van der Waals surface area (Å²) in [5.41, 5.74) is 5.54. The van der Waals surface area contributed by atoms with Crippen LogP contribution in [-0.4, -0.2) is 9.55 Å². The van der Waals surface area contributed by atoms with Crippen LogP contribution in [0.25, 0.3) is 0 Å². The van der Waals surface area contributed by atoms with Crippen molar-refractivity contribution in [3.05, 3.63) is 83.3 Å². The molecule has 2 heterocycles. The van der Waals surface area contributed by atoms with Gasteiger partial charge in [-0.15, -0.1) is 0 Å². The molecule has 0 radical (unpaired) electrons. The van der Waals surface area contributed by atoms with Crippen molar-refractivity contribution >= 4 is 11.9 Å². The molecule has 0 saturated carbocycles. The second-order valence-corrected chi connectivity index (χ2v) is 7.37. The van der Waals surface area contributed by atoms with Gasteiger partial charge in [-0.1, -0.05) is 48.5 Å². The van der Waals surface area contributed by atoms with Crippen LogP contribution in [-0.2, 0) is 26.6 Å². The fourth-order valence-corrected chi connectivity index (χ4v) is 3.96. The first-order valence-corrected chi connectivity index (χ1v) is 9.36. The lowest BCUT2D eigenvalue weighted by molar-refractivity contribution is 0.580. The van der Waals surface area contributed by atoms with Crippen LogP contribution in [0.2, 0.25) is 0 Å². The molecule has 2 N–H and O–H groups in total. The molecule has 1 aromatic heterocycles. The van der Waals surface area contributed by atoms with Crippen LogP contribution in [0.15, 0.2) is 66.1 Å². The lowest BCUT2D eigenvalue weighted by Crippen LogP contribution is -2.14. The zero-order chi connectivity index (χ0) is 17.1. The highest BCUT2D eigenvalue weighted by Crippen LogP contribution is 2.29. The number of aryl methyl sites for hydroxylation is 1. The van der Waals surface area contributed by atoms with Gasteiger partial charge in [-0.05, 0) is 40.6 Å². The normalized spacial score (nSPS) is 16.1. The lowest BCUT2D eigenvalue weighted by Gasteiger charge is -2.13.